The molecule has 0 N–H and O–H groups in total. The zero-order valence-corrected chi connectivity index (χ0v) is 6.54. The molecule has 0 aliphatic rings. The van der Waals surface area contributed by atoms with Gasteiger partial charge in [0.25, 0.3) is 0 Å². The third kappa shape index (κ3) is 12.3. The SMILES string of the molecule is FC(Cl)=C(F)Cl.FC(F)=C(F)F. The average Bonchev–Trinajstić information content (AvgIpc) is 1.88. The van der Waals surface area contributed by atoms with Gasteiger partial charge < -0.3 is 0 Å². The van der Waals surface area contributed by atoms with Gasteiger partial charge in [0.1, 0.15) is 0 Å². The van der Waals surface area contributed by atoms with E-state index < -0.39 is 22.7 Å². The first-order valence-corrected chi connectivity index (χ1v) is 2.77. The summed E-state index contributed by atoms with van der Waals surface area (Å²) >= 11 is 8.64. The van der Waals surface area contributed by atoms with Gasteiger partial charge in [-0.2, -0.15) is 26.3 Å². The number of hydrogen-bond acceptors (Lipinski definition) is 0. The molecule has 0 saturated carbocycles. The fourth-order valence-electron chi connectivity index (χ4n) is 0. The summed E-state index contributed by atoms with van der Waals surface area (Å²) in [4.78, 5) is 0. The third-order valence-electron chi connectivity index (χ3n) is 0.286. The molecule has 0 aliphatic heterocycles. The van der Waals surface area contributed by atoms with E-state index in [1.165, 1.54) is 0 Å². The first-order valence-electron chi connectivity index (χ1n) is 2.01. The van der Waals surface area contributed by atoms with Gasteiger partial charge in [-0.15, -0.1) is 0 Å². The predicted octanol–water partition coefficient (Wildman–Crippen LogP) is 4.52. The molecule has 0 atom stereocenters. The molecule has 0 fully saturated rings. The molecule has 0 nitrogen and oxygen atoms in total. The second-order valence-corrected chi connectivity index (χ2v) is 1.71. The summed E-state index contributed by atoms with van der Waals surface area (Å²) < 4.78 is 63.1. The van der Waals surface area contributed by atoms with E-state index in [9.17, 15) is 26.3 Å². The molecular formula is C4Cl2F6. The molecule has 72 valence electrons. The summed E-state index contributed by atoms with van der Waals surface area (Å²) in [7, 11) is 0. The van der Waals surface area contributed by atoms with Crippen molar-refractivity contribution >= 4 is 23.2 Å². The Morgan fingerprint density at radius 2 is 0.750 bits per heavy atom. The Morgan fingerprint density at radius 1 is 0.583 bits per heavy atom. The van der Waals surface area contributed by atoms with Crippen LogP contribution < -0.4 is 0 Å². The van der Waals surface area contributed by atoms with Gasteiger partial charge in [0.05, 0.1) is 0 Å². The lowest BCUT2D eigenvalue weighted by atomic mass is 11.1. The summed E-state index contributed by atoms with van der Waals surface area (Å²) in [5, 5.41) is -3.01. The molecule has 8 heteroatoms. The van der Waals surface area contributed by atoms with E-state index in [-0.39, 0.29) is 0 Å². The first kappa shape index (κ1) is 14.2. The topological polar surface area (TPSA) is 0 Å². The molecule has 0 heterocycles. The molecule has 0 aromatic rings. The van der Waals surface area contributed by atoms with E-state index in [4.69, 9.17) is 0 Å². The third-order valence-corrected chi connectivity index (χ3v) is 0.714. The maximum atomic E-state index is 11.0. The van der Waals surface area contributed by atoms with Crippen molar-refractivity contribution < 1.29 is 26.3 Å². The lowest BCUT2D eigenvalue weighted by Crippen LogP contribution is -1.56. The standard InChI is InChI=1S/C2Cl2F2.C2F4/c3-1(5)2(4)6;3-1(4)2(5)6. The highest BCUT2D eigenvalue weighted by Crippen LogP contribution is 2.14. The molecule has 0 saturated heterocycles. The van der Waals surface area contributed by atoms with Crippen molar-refractivity contribution in [2.24, 2.45) is 0 Å². The van der Waals surface area contributed by atoms with Crippen molar-refractivity contribution in [2.75, 3.05) is 0 Å². The van der Waals surface area contributed by atoms with Crippen molar-refractivity contribution in [1.82, 2.24) is 0 Å². The van der Waals surface area contributed by atoms with Crippen molar-refractivity contribution in [3.63, 3.8) is 0 Å². The van der Waals surface area contributed by atoms with Crippen LogP contribution in [0.25, 0.3) is 0 Å². The Morgan fingerprint density at radius 3 is 0.750 bits per heavy atom. The minimum Gasteiger partial charge on any atom is -0.189 e. The molecule has 12 heavy (non-hydrogen) atoms. The minimum absolute atomic E-state index is 1.50. The second kappa shape index (κ2) is 7.30. The molecule has 0 aromatic carbocycles. The van der Waals surface area contributed by atoms with Crippen LogP contribution in [0.3, 0.4) is 0 Å². The van der Waals surface area contributed by atoms with Gasteiger partial charge in [-0.1, -0.05) is 0 Å². The molecule has 0 spiro atoms. The van der Waals surface area contributed by atoms with Crippen LogP contribution in [0.5, 0.6) is 0 Å². The highest BCUT2D eigenvalue weighted by molar-refractivity contribution is 6.37. The van der Waals surface area contributed by atoms with E-state index in [0.29, 0.717) is 0 Å². The van der Waals surface area contributed by atoms with Gasteiger partial charge in [-0.25, -0.2) is 0 Å². The van der Waals surface area contributed by atoms with Gasteiger partial charge >= 0.3 is 12.2 Å². The Balaban J connectivity index is 0. The van der Waals surface area contributed by atoms with Crippen LogP contribution in [0.1, 0.15) is 0 Å². The quantitative estimate of drug-likeness (QED) is 0.539. The Kier molecular flexibility index (Phi) is 8.62. The monoisotopic (exact) mass is 232 g/mol. The summed E-state index contributed by atoms with van der Waals surface area (Å²) in [5.74, 6) is 0. The Hall–Kier alpha value is -0.360. The zero-order valence-electron chi connectivity index (χ0n) is 5.02. The average molecular weight is 233 g/mol. The van der Waals surface area contributed by atoms with Crippen molar-refractivity contribution in [1.29, 1.82) is 0 Å². The van der Waals surface area contributed by atoms with Crippen LogP contribution in [0, 0.1) is 0 Å². The molecule has 0 amide bonds. The zero-order chi connectivity index (χ0) is 10.3. The van der Waals surface area contributed by atoms with Gasteiger partial charge in [-0.05, 0) is 23.2 Å². The summed E-state index contributed by atoms with van der Waals surface area (Å²) in [6, 6.07) is 0. The van der Waals surface area contributed by atoms with Gasteiger partial charge in [0.2, 0.25) is 10.6 Å². The molecule has 0 radical (unpaired) electrons. The predicted molar refractivity (Wildman–Crippen MR) is 32.4 cm³/mol. The number of hydrogen-bond donors (Lipinski definition) is 0. The largest absolute Gasteiger partial charge is 0.334 e. The molecular weight excluding hydrogens is 233 g/mol. The lowest BCUT2D eigenvalue weighted by molar-refractivity contribution is 0.308. The summed E-state index contributed by atoms with van der Waals surface area (Å²) in [6.45, 7) is 0. The van der Waals surface area contributed by atoms with Crippen LogP contribution >= 0.6 is 23.2 Å². The van der Waals surface area contributed by atoms with E-state index in [2.05, 4.69) is 23.2 Å². The van der Waals surface area contributed by atoms with E-state index >= 15 is 0 Å². The van der Waals surface area contributed by atoms with Crippen molar-refractivity contribution in [2.45, 2.75) is 0 Å². The van der Waals surface area contributed by atoms with Crippen molar-refractivity contribution in [3.05, 3.63) is 22.7 Å². The smallest absolute Gasteiger partial charge is 0.189 e. The van der Waals surface area contributed by atoms with Crippen LogP contribution in [-0.4, -0.2) is 0 Å². The highest BCUT2D eigenvalue weighted by Gasteiger charge is 1.98. The first-order chi connectivity index (χ1) is 5.29. The molecule has 0 rings (SSSR count). The normalized spacial score (nSPS) is 11.0. The van der Waals surface area contributed by atoms with E-state index in [1.807, 2.05) is 0 Å². The Bertz CT molecular complexity index is 140. The molecule has 0 aliphatic carbocycles. The Labute approximate surface area is 73.1 Å². The maximum absolute atomic E-state index is 11.0. The fraction of sp³-hybridized carbons (Fsp3) is 0. The van der Waals surface area contributed by atoms with E-state index in [0.717, 1.165) is 0 Å². The number of rotatable bonds is 0. The lowest BCUT2D eigenvalue weighted by Gasteiger charge is -1.72. The molecule has 0 unspecified atom stereocenters. The summed E-state index contributed by atoms with van der Waals surface area (Å²) in [5.41, 5.74) is 0. The van der Waals surface area contributed by atoms with Gasteiger partial charge in [0.15, 0.2) is 0 Å². The fourth-order valence-corrected chi connectivity index (χ4v) is 0. The van der Waals surface area contributed by atoms with Crippen LogP contribution in [0.15, 0.2) is 22.7 Å². The van der Waals surface area contributed by atoms with Crippen LogP contribution in [-0.2, 0) is 0 Å². The maximum Gasteiger partial charge on any atom is 0.334 e. The number of halogens is 8. The van der Waals surface area contributed by atoms with E-state index in [1.54, 1.807) is 0 Å². The van der Waals surface area contributed by atoms with Crippen LogP contribution in [0.2, 0.25) is 0 Å². The molecule has 0 bridgehead atoms. The van der Waals surface area contributed by atoms with Gasteiger partial charge in [-0.3, -0.25) is 0 Å². The van der Waals surface area contributed by atoms with Crippen molar-refractivity contribution in [3.8, 4) is 0 Å². The van der Waals surface area contributed by atoms with Gasteiger partial charge in [0, 0.05) is 0 Å². The second-order valence-electron chi connectivity index (χ2n) is 1.04. The highest BCUT2D eigenvalue weighted by atomic mass is 35.5. The molecule has 0 aromatic heterocycles. The summed E-state index contributed by atoms with van der Waals surface area (Å²) in [6.07, 6.45) is -5.81. The van der Waals surface area contributed by atoms with Crippen LogP contribution in [0.4, 0.5) is 26.3 Å². The minimum atomic E-state index is -2.91.